The second-order valence-corrected chi connectivity index (χ2v) is 5.93. The Morgan fingerprint density at radius 2 is 1.78 bits per heavy atom. The summed E-state index contributed by atoms with van der Waals surface area (Å²) in [6, 6.07) is 0. The number of nitrogens with zero attached hydrogens (tertiary/aromatic N) is 2. The van der Waals surface area contributed by atoms with Gasteiger partial charge in [0.1, 0.15) is 0 Å². The summed E-state index contributed by atoms with van der Waals surface area (Å²) >= 11 is 0. The SMILES string of the molecule is CCCN(CCN(C)C)C(=O)CC1(N)CCCC1. The van der Waals surface area contributed by atoms with Gasteiger partial charge < -0.3 is 15.5 Å². The molecule has 0 radical (unpaired) electrons. The van der Waals surface area contributed by atoms with E-state index in [0.717, 1.165) is 38.9 Å². The zero-order valence-electron chi connectivity index (χ0n) is 12.2. The number of carbonyl (C=O) groups is 1. The zero-order valence-corrected chi connectivity index (χ0v) is 12.2. The highest BCUT2D eigenvalue weighted by molar-refractivity contribution is 5.77. The first-order chi connectivity index (χ1) is 8.47. The summed E-state index contributed by atoms with van der Waals surface area (Å²) in [6.45, 7) is 4.70. The molecule has 0 unspecified atom stereocenters. The number of carbonyl (C=O) groups excluding carboxylic acids is 1. The van der Waals surface area contributed by atoms with Crippen molar-refractivity contribution in [2.45, 2.75) is 51.0 Å². The number of likely N-dealkylation sites (N-methyl/N-ethyl adjacent to an activating group) is 1. The highest BCUT2D eigenvalue weighted by Crippen LogP contribution is 2.30. The van der Waals surface area contributed by atoms with Gasteiger partial charge in [0.25, 0.3) is 0 Å². The van der Waals surface area contributed by atoms with Crippen molar-refractivity contribution in [3.63, 3.8) is 0 Å². The topological polar surface area (TPSA) is 49.6 Å². The lowest BCUT2D eigenvalue weighted by Crippen LogP contribution is -2.45. The maximum atomic E-state index is 12.3. The molecule has 4 heteroatoms. The molecule has 1 aliphatic carbocycles. The van der Waals surface area contributed by atoms with Crippen LogP contribution in [0.4, 0.5) is 0 Å². The van der Waals surface area contributed by atoms with Crippen molar-refractivity contribution in [3.05, 3.63) is 0 Å². The molecule has 1 fully saturated rings. The molecule has 1 saturated carbocycles. The average molecular weight is 255 g/mol. The van der Waals surface area contributed by atoms with Crippen molar-refractivity contribution < 1.29 is 4.79 Å². The van der Waals surface area contributed by atoms with Crippen molar-refractivity contribution in [1.29, 1.82) is 0 Å². The van der Waals surface area contributed by atoms with Crippen LogP contribution in [-0.4, -0.2) is 55.0 Å². The Labute approximate surface area is 111 Å². The van der Waals surface area contributed by atoms with Crippen LogP contribution >= 0.6 is 0 Å². The van der Waals surface area contributed by atoms with Crippen LogP contribution < -0.4 is 5.73 Å². The summed E-state index contributed by atoms with van der Waals surface area (Å²) in [5.41, 5.74) is 6.07. The third-order valence-corrected chi connectivity index (χ3v) is 3.77. The molecular formula is C14H29N3O. The van der Waals surface area contributed by atoms with Gasteiger partial charge in [-0.2, -0.15) is 0 Å². The van der Waals surface area contributed by atoms with Crippen molar-refractivity contribution in [2.24, 2.45) is 5.73 Å². The Morgan fingerprint density at radius 3 is 2.28 bits per heavy atom. The van der Waals surface area contributed by atoms with Crippen LogP contribution in [0, 0.1) is 0 Å². The highest BCUT2D eigenvalue weighted by Gasteiger charge is 2.33. The molecule has 0 bridgehead atoms. The Balaban J connectivity index is 2.47. The molecular weight excluding hydrogens is 226 g/mol. The molecule has 0 saturated heterocycles. The van der Waals surface area contributed by atoms with Gasteiger partial charge in [0, 0.05) is 31.6 Å². The van der Waals surface area contributed by atoms with Crippen LogP contribution in [0.1, 0.15) is 45.4 Å². The molecule has 4 nitrogen and oxygen atoms in total. The number of amides is 1. The summed E-state index contributed by atoms with van der Waals surface area (Å²) in [5.74, 6) is 0.239. The maximum absolute atomic E-state index is 12.3. The van der Waals surface area contributed by atoms with Crippen molar-refractivity contribution in [1.82, 2.24) is 9.80 Å². The van der Waals surface area contributed by atoms with Crippen LogP contribution in [-0.2, 0) is 4.79 Å². The summed E-state index contributed by atoms with van der Waals surface area (Å²) in [4.78, 5) is 16.4. The molecule has 0 aromatic rings. The first-order valence-electron chi connectivity index (χ1n) is 7.18. The zero-order chi connectivity index (χ0) is 13.6. The lowest BCUT2D eigenvalue weighted by Gasteiger charge is -2.29. The van der Waals surface area contributed by atoms with Crippen molar-refractivity contribution in [2.75, 3.05) is 33.7 Å². The van der Waals surface area contributed by atoms with E-state index in [9.17, 15) is 4.79 Å². The number of hydrogen-bond acceptors (Lipinski definition) is 3. The van der Waals surface area contributed by atoms with Gasteiger partial charge in [-0.15, -0.1) is 0 Å². The predicted molar refractivity (Wildman–Crippen MR) is 75.4 cm³/mol. The molecule has 0 aromatic carbocycles. The first-order valence-corrected chi connectivity index (χ1v) is 7.18. The summed E-state index contributed by atoms with van der Waals surface area (Å²) in [7, 11) is 4.08. The van der Waals surface area contributed by atoms with Gasteiger partial charge in [0.15, 0.2) is 0 Å². The molecule has 1 amide bonds. The summed E-state index contributed by atoms with van der Waals surface area (Å²) in [5, 5.41) is 0. The van der Waals surface area contributed by atoms with Gasteiger partial charge >= 0.3 is 0 Å². The highest BCUT2D eigenvalue weighted by atomic mass is 16.2. The predicted octanol–water partition coefficient (Wildman–Crippen LogP) is 1.45. The largest absolute Gasteiger partial charge is 0.341 e. The molecule has 0 aromatic heterocycles. The van der Waals surface area contributed by atoms with E-state index >= 15 is 0 Å². The molecule has 0 heterocycles. The Bertz CT molecular complexity index is 260. The fourth-order valence-corrected chi connectivity index (χ4v) is 2.62. The Kier molecular flexibility index (Phi) is 6.09. The van der Waals surface area contributed by atoms with E-state index in [0.29, 0.717) is 6.42 Å². The molecule has 18 heavy (non-hydrogen) atoms. The van der Waals surface area contributed by atoms with Crippen LogP contribution in [0.15, 0.2) is 0 Å². The summed E-state index contributed by atoms with van der Waals surface area (Å²) in [6.07, 6.45) is 5.90. The van der Waals surface area contributed by atoms with E-state index in [4.69, 9.17) is 5.73 Å². The van der Waals surface area contributed by atoms with Crippen LogP contribution in [0.5, 0.6) is 0 Å². The normalized spacial score (nSPS) is 18.3. The number of rotatable bonds is 7. The van der Waals surface area contributed by atoms with Crippen LogP contribution in [0.3, 0.4) is 0 Å². The second-order valence-electron chi connectivity index (χ2n) is 5.93. The molecule has 0 aliphatic heterocycles. The van der Waals surface area contributed by atoms with E-state index in [-0.39, 0.29) is 11.4 Å². The molecule has 106 valence electrons. The van der Waals surface area contributed by atoms with Crippen LogP contribution in [0.2, 0.25) is 0 Å². The summed E-state index contributed by atoms with van der Waals surface area (Å²) < 4.78 is 0. The molecule has 1 aliphatic rings. The van der Waals surface area contributed by atoms with Crippen molar-refractivity contribution in [3.8, 4) is 0 Å². The monoisotopic (exact) mass is 255 g/mol. The molecule has 1 rings (SSSR count). The lowest BCUT2D eigenvalue weighted by molar-refractivity contribution is -0.132. The van der Waals surface area contributed by atoms with Gasteiger partial charge in [-0.25, -0.2) is 0 Å². The maximum Gasteiger partial charge on any atom is 0.224 e. The second kappa shape index (κ2) is 7.10. The van der Waals surface area contributed by atoms with E-state index in [1.165, 1.54) is 12.8 Å². The van der Waals surface area contributed by atoms with E-state index in [1.54, 1.807) is 0 Å². The molecule has 2 N–H and O–H groups in total. The Hall–Kier alpha value is -0.610. The number of hydrogen-bond donors (Lipinski definition) is 1. The van der Waals surface area contributed by atoms with Gasteiger partial charge in [-0.1, -0.05) is 19.8 Å². The quantitative estimate of drug-likeness (QED) is 0.749. The van der Waals surface area contributed by atoms with E-state index in [2.05, 4.69) is 11.8 Å². The smallest absolute Gasteiger partial charge is 0.224 e. The fourth-order valence-electron chi connectivity index (χ4n) is 2.62. The minimum atomic E-state index is -0.221. The van der Waals surface area contributed by atoms with E-state index in [1.807, 2.05) is 19.0 Å². The van der Waals surface area contributed by atoms with Crippen LogP contribution in [0.25, 0.3) is 0 Å². The fraction of sp³-hybridized carbons (Fsp3) is 0.929. The third kappa shape index (κ3) is 4.94. The van der Waals surface area contributed by atoms with E-state index < -0.39 is 0 Å². The molecule has 0 spiro atoms. The number of nitrogens with two attached hydrogens (primary N) is 1. The minimum absolute atomic E-state index is 0.221. The third-order valence-electron chi connectivity index (χ3n) is 3.77. The van der Waals surface area contributed by atoms with Gasteiger partial charge in [0.2, 0.25) is 5.91 Å². The lowest BCUT2D eigenvalue weighted by atomic mass is 9.94. The van der Waals surface area contributed by atoms with Gasteiger partial charge in [0.05, 0.1) is 0 Å². The Morgan fingerprint density at radius 1 is 1.17 bits per heavy atom. The molecule has 0 atom stereocenters. The van der Waals surface area contributed by atoms with Crippen molar-refractivity contribution >= 4 is 5.91 Å². The standard InChI is InChI=1S/C14H29N3O/c1-4-9-17(11-10-16(2)3)13(18)12-14(15)7-5-6-8-14/h4-12,15H2,1-3H3. The van der Waals surface area contributed by atoms with Gasteiger partial charge in [-0.3, -0.25) is 4.79 Å². The minimum Gasteiger partial charge on any atom is -0.341 e. The first kappa shape index (κ1) is 15.4. The average Bonchev–Trinajstić information content (AvgIpc) is 2.70. The van der Waals surface area contributed by atoms with Gasteiger partial charge in [-0.05, 0) is 33.4 Å².